The van der Waals surface area contributed by atoms with Crippen LogP contribution in [0.25, 0.3) is 0 Å². The Hall–Kier alpha value is -2.02. The standard InChI is InChI=1S/C18H20ClN3O3.ClH/c1-11-14(6-9-25-11)17(23)22-16-10-12(19)2-3-15(16)18(24)21-13-4-7-20-8-5-13;/h2-3,6,9-10,13,20H,4-5,7-8H2,1H3,(H,21,24)(H,22,23);1H. The fourth-order valence-corrected chi connectivity index (χ4v) is 3.03. The molecule has 2 amide bonds. The molecular weight excluding hydrogens is 377 g/mol. The second-order valence-corrected chi connectivity index (χ2v) is 6.47. The first-order chi connectivity index (χ1) is 12.0. The van der Waals surface area contributed by atoms with Crippen molar-refractivity contribution in [2.45, 2.75) is 25.8 Å². The maximum atomic E-state index is 12.6. The zero-order valence-electron chi connectivity index (χ0n) is 14.3. The number of halogens is 2. The minimum Gasteiger partial charge on any atom is -0.469 e. The summed E-state index contributed by atoms with van der Waals surface area (Å²) in [6.45, 7) is 3.47. The highest BCUT2D eigenvalue weighted by Crippen LogP contribution is 2.23. The van der Waals surface area contributed by atoms with Gasteiger partial charge < -0.3 is 20.4 Å². The summed E-state index contributed by atoms with van der Waals surface area (Å²) in [5.41, 5.74) is 1.19. The number of hydrogen-bond donors (Lipinski definition) is 3. The molecule has 0 atom stereocenters. The van der Waals surface area contributed by atoms with E-state index in [0.29, 0.717) is 27.6 Å². The van der Waals surface area contributed by atoms with Crippen molar-refractivity contribution >= 4 is 41.5 Å². The van der Waals surface area contributed by atoms with E-state index in [0.717, 1.165) is 25.9 Å². The third kappa shape index (κ3) is 4.78. The van der Waals surface area contributed by atoms with Gasteiger partial charge in [-0.1, -0.05) is 11.6 Å². The second kappa shape index (κ2) is 9.07. The number of rotatable bonds is 4. The molecule has 0 aliphatic carbocycles. The molecule has 1 aliphatic rings. The molecule has 8 heteroatoms. The van der Waals surface area contributed by atoms with Crippen LogP contribution in [0.4, 0.5) is 5.69 Å². The summed E-state index contributed by atoms with van der Waals surface area (Å²) in [7, 11) is 0. The van der Waals surface area contributed by atoms with Crippen molar-refractivity contribution in [1.29, 1.82) is 0 Å². The number of carbonyl (C=O) groups is 2. The van der Waals surface area contributed by atoms with Gasteiger partial charge in [-0.3, -0.25) is 9.59 Å². The Morgan fingerprint density at radius 3 is 2.54 bits per heavy atom. The molecule has 26 heavy (non-hydrogen) atoms. The highest BCUT2D eigenvalue weighted by atomic mass is 35.5. The number of carbonyl (C=O) groups excluding carboxylic acids is 2. The van der Waals surface area contributed by atoms with Crippen LogP contribution in [0.1, 0.15) is 39.3 Å². The molecule has 2 aromatic rings. The zero-order chi connectivity index (χ0) is 17.8. The van der Waals surface area contributed by atoms with Crippen molar-refractivity contribution in [2.24, 2.45) is 0 Å². The summed E-state index contributed by atoms with van der Waals surface area (Å²) in [6.07, 6.45) is 3.22. The summed E-state index contributed by atoms with van der Waals surface area (Å²) >= 11 is 6.04. The van der Waals surface area contributed by atoms with Crippen LogP contribution in [-0.4, -0.2) is 30.9 Å². The van der Waals surface area contributed by atoms with Crippen LogP contribution in [0.2, 0.25) is 5.02 Å². The van der Waals surface area contributed by atoms with E-state index >= 15 is 0 Å². The van der Waals surface area contributed by atoms with Gasteiger partial charge in [0.05, 0.1) is 23.1 Å². The van der Waals surface area contributed by atoms with Gasteiger partial charge in [-0.25, -0.2) is 0 Å². The Morgan fingerprint density at radius 1 is 1.15 bits per heavy atom. The Labute approximate surface area is 163 Å². The van der Waals surface area contributed by atoms with Gasteiger partial charge in [-0.05, 0) is 57.1 Å². The third-order valence-corrected chi connectivity index (χ3v) is 4.49. The molecule has 0 radical (unpaired) electrons. The lowest BCUT2D eigenvalue weighted by Gasteiger charge is -2.24. The lowest BCUT2D eigenvalue weighted by Crippen LogP contribution is -2.42. The van der Waals surface area contributed by atoms with Crippen LogP contribution in [0.15, 0.2) is 34.9 Å². The first kappa shape index (κ1) is 20.3. The number of benzene rings is 1. The van der Waals surface area contributed by atoms with Gasteiger partial charge in [0.1, 0.15) is 5.76 Å². The summed E-state index contributed by atoms with van der Waals surface area (Å²) in [4.78, 5) is 25.1. The molecule has 2 heterocycles. The normalized spacial score (nSPS) is 14.4. The van der Waals surface area contributed by atoms with Gasteiger partial charge in [0.25, 0.3) is 11.8 Å². The molecule has 1 aliphatic heterocycles. The van der Waals surface area contributed by atoms with Crippen molar-refractivity contribution in [3.8, 4) is 0 Å². The molecular formula is C18H21Cl2N3O3. The Morgan fingerprint density at radius 2 is 1.88 bits per heavy atom. The molecule has 1 fully saturated rings. The topological polar surface area (TPSA) is 83.4 Å². The lowest BCUT2D eigenvalue weighted by atomic mass is 10.1. The van der Waals surface area contributed by atoms with E-state index in [9.17, 15) is 9.59 Å². The van der Waals surface area contributed by atoms with Gasteiger partial charge in [0, 0.05) is 11.1 Å². The molecule has 0 saturated carbocycles. The SMILES string of the molecule is Cc1occc1C(=O)Nc1cc(Cl)ccc1C(=O)NC1CCNCC1.Cl. The van der Waals surface area contributed by atoms with E-state index in [2.05, 4.69) is 16.0 Å². The van der Waals surface area contributed by atoms with Crippen LogP contribution in [0.3, 0.4) is 0 Å². The highest BCUT2D eigenvalue weighted by molar-refractivity contribution is 6.31. The molecule has 140 valence electrons. The van der Waals surface area contributed by atoms with E-state index in [1.165, 1.54) is 6.26 Å². The smallest absolute Gasteiger partial charge is 0.259 e. The Bertz CT molecular complexity index is 786. The van der Waals surface area contributed by atoms with Crippen LogP contribution < -0.4 is 16.0 Å². The summed E-state index contributed by atoms with van der Waals surface area (Å²) in [5, 5.41) is 9.48. The number of piperidine rings is 1. The molecule has 0 spiro atoms. The van der Waals surface area contributed by atoms with Crippen LogP contribution >= 0.6 is 24.0 Å². The number of amides is 2. The number of furan rings is 1. The largest absolute Gasteiger partial charge is 0.469 e. The minimum atomic E-state index is -0.343. The van der Waals surface area contributed by atoms with Crippen molar-refractivity contribution in [3.05, 3.63) is 52.4 Å². The Balaban J connectivity index is 0.00000243. The summed E-state index contributed by atoms with van der Waals surface area (Å²) < 4.78 is 5.15. The average Bonchev–Trinajstić information content (AvgIpc) is 3.02. The second-order valence-electron chi connectivity index (χ2n) is 6.03. The fraction of sp³-hybridized carbons (Fsp3) is 0.333. The zero-order valence-corrected chi connectivity index (χ0v) is 15.9. The van der Waals surface area contributed by atoms with E-state index in [1.54, 1.807) is 31.2 Å². The van der Waals surface area contributed by atoms with Gasteiger partial charge in [-0.2, -0.15) is 0 Å². The average molecular weight is 398 g/mol. The number of anilines is 1. The molecule has 6 nitrogen and oxygen atoms in total. The van der Waals surface area contributed by atoms with E-state index < -0.39 is 0 Å². The predicted octanol–water partition coefficient (Wildman–Crippen LogP) is 3.40. The first-order valence-corrected chi connectivity index (χ1v) is 8.59. The summed E-state index contributed by atoms with van der Waals surface area (Å²) in [6, 6.07) is 6.55. The fourth-order valence-electron chi connectivity index (χ4n) is 2.86. The summed E-state index contributed by atoms with van der Waals surface area (Å²) in [5.74, 6) is -0.0487. The Kier molecular flexibility index (Phi) is 7.08. The predicted molar refractivity (Wildman–Crippen MR) is 103 cm³/mol. The van der Waals surface area contributed by atoms with Crippen molar-refractivity contribution in [3.63, 3.8) is 0 Å². The van der Waals surface area contributed by atoms with E-state index in [1.807, 2.05) is 0 Å². The third-order valence-electron chi connectivity index (χ3n) is 4.25. The molecule has 1 aromatic carbocycles. The van der Waals surface area contributed by atoms with E-state index in [-0.39, 0.29) is 30.3 Å². The highest BCUT2D eigenvalue weighted by Gasteiger charge is 2.20. The number of hydrogen-bond acceptors (Lipinski definition) is 4. The molecule has 0 unspecified atom stereocenters. The molecule has 0 bridgehead atoms. The maximum absolute atomic E-state index is 12.6. The van der Waals surface area contributed by atoms with Gasteiger partial charge in [0.15, 0.2) is 0 Å². The monoisotopic (exact) mass is 397 g/mol. The van der Waals surface area contributed by atoms with E-state index in [4.69, 9.17) is 16.0 Å². The lowest BCUT2D eigenvalue weighted by molar-refractivity contribution is 0.0930. The van der Waals surface area contributed by atoms with Gasteiger partial charge in [-0.15, -0.1) is 12.4 Å². The molecule has 1 saturated heterocycles. The van der Waals surface area contributed by atoms with Crippen molar-refractivity contribution in [1.82, 2.24) is 10.6 Å². The number of aryl methyl sites for hydroxylation is 1. The first-order valence-electron chi connectivity index (χ1n) is 8.21. The molecule has 1 aromatic heterocycles. The van der Waals surface area contributed by atoms with Crippen LogP contribution in [0.5, 0.6) is 0 Å². The van der Waals surface area contributed by atoms with Crippen LogP contribution in [0, 0.1) is 6.92 Å². The van der Waals surface area contributed by atoms with Crippen molar-refractivity contribution in [2.75, 3.05) is 18.4 Å². The van der Waals surface area contributed by atoms with Gasteiger partial charge in [0.2, 0.25) is 0 Å². The minimum absolute atomic E-state index is 0. The molecule has 3 N–H and O–H groups in total. The number of nitrogens with one attached hydrogen (secondary N) is 3. The van der Waals surface area contributed by atoms with Crippen molar-refractivity contribution < 1.29 is 14.0 Å². The maximum Gasteiger partial charge on any atom is 0.259 e. The van der Waals surface area contributed by atoms with Gasteiger partial charge >= 0.3 is 0 Å². The quantitative estimate of drug-likeness (QED) is 0.737. The molecule has 3 rings (SSSR count). The van der Waals surface area contributed by atoms with Crippen LogP contribution in [-0.2, 0) is 0 Å².